The van der Waals surface area contributed by atoms with Crippen LogP contribution in [0.3, 0.4) is 0 Å². The predicted octanol–water partition coefficient (Wildman–Crippen LogP) is 1.50. The molecule has 0 unspecified atom stereocenters. The van der Waals surface area contributed by atoms with E-state index < -0.39 is 0 Å². The second-order valence-corrected chi connectivity index (χ2v) is 4.74. The fourth-order valence-electron chi connectivity index (χ4n) is 2.44. The Labute approximate surface area is 104 Å². The van der Waals surface area contributed by atoms with E-state index in [2.05, 4.69) is 0 Å². The number of carbonyl (C=O) groups excluding carboxylic acids is 2. The van der Waals surface area contributed by atoms with Crippen LogP contribution in [0, 0.1) is 5.92 Å². The van der Waals surface area contributed by atoms with Crippen LogP contribution in [-0.4, -0.2) is 48.3 Å². The van der Waals surface area contributed by atoms with E-state index in [-0.39, 0.29) is 24.3 Å². The summed E-state index contributed by atoms with van der Waals surface area (Å²) in [4.78, 5) is 27.3. The molecule has 1 rings (SSSR count). The molecule has 0 aliphatic heterocycles. The lowest BCUT2D eigenvalue weighted by Gasteiger charge is -2.24. The molecule has 1 aliphatic carbocycles. The first-order valence-electron chi connectivity index (χ1n) is 6.62. The van der Waals surface area contributed by atoms with Gasteiger partial charge in [-0.2, -0.15) is 0 Å². The fourth-order valence-corrected chi connectivity index (χ4v) is 2.44. The molecule has 4 nitrogen and oxygen atoms in total. The van der Waals surface area contributed by atoms with Crippen LogP contribution in [0.2, 0.25) is 0 Å². The maximum Gasteiger partial charge on any atom is 0.242 e. The Kier molecular flexibility index (Phi) is 5.45. The van der Waals surface area contributed by atoms with Gasteiger partial charge in [0.15, 0.2) is 0 Å². The highest BCUT2D eigenvalue weighted by atomic mass is 16.2. The van der Waals surface area contributed by atoms with Gasteiger partial charge in [-0.1, -0.05) is 12.8 Å². The Balaban J connectivity index is 2.44. The molecule has 1 aliphatic rings. The zero-order valence-electron chi connectivity index (χ0n) is 11.2. The van der Waals surface area contributed by atoms with E-state index in [1.54, 1.807) is 16.8 Å². The molecule has 0 saturated heterocycles. The number of hydrogen-bond acceptors (Lipinski definition) is 2. The van der Waals surface area contributed by atoms with Crippen LogP contribution in [0.15, 0.2) is 0 Å². The normalized spacial score (nSPS) is 15.9. The lowest BCUT2D eigenvalue weighted by atomic mass is 10.1. The smallest absolute Gasteiger partial charge is 0.242 e. The molecule has 0 bridgehead atoms. The van der Waals surface area contributed by atoms with Crippen molar-refractivity contribution in [3.8, 4) is 0 Å². The van der Waals surface area contributed by atoms with Crippen molar-refractivity contribution in [1.29, 1.82) is 0 Å². The van der Waals surface area contributed by atoms with Gasteiger partial charge in [0.2, 0.25) is 11.8 Å². The van der Waals surface area contributed by atoms with Gasteiger partial charge >= 0.3 is 0 Å². The summed E-state index contributed by atoms with van der Waals surface area (Å²) < 4.78 is 0. The second kappa shape index (κ2) is 6.62. The predicted molar refractivity (Wildman–Crippen MR) is 67.5 cm³/mol. The van der Waals surface area contributed by atoms with Gasteiger partial charge in [0.1, 0.15) is 0 Å². The van der Waals surface area contributed by atoms with E-state index in [1.165, 1.54) is 0 Å². The molecule has 4 heteroatoms. The molecular formula is C13H24N2O2. The summed E-state index contributed by atoms with van der Waals surface area (Å²) in [7, 11) is 1.74. The van der Waals surface area contributed by atoms with Crippen LogP contribution in [0.5, 0.6) is 0 Å². The van der Waals surface area contributed by atoms with Crippen LogP contribution in [0.4, 0.5) is 0 Å². The number of nitrogens with zero attached hydrogens (tertiary/aromatic N) is 2. The first kappa shape index (κ1) is 14.0. The SMILES string of the molecule is CCN(CC)C(=O)CN(C)C(=O)C1CCCC1. The summed E-state index contributed by atoms with van der Waals surface area (Å²) in [6.45, 7) is 5.55. The average Bonchev–Trinajstić information content (AvgIpc) is 2.83. The number of hydrogen-bond donors (Lipinski definition) is 0. The van der Waals surface area contributed by atoms with E-state index in [1.807, 2.05) is 13.8 Å². The van der Waals surface area contributed by atoms with Gasteiger partial charge in [-0.25, -0.2) is 0 Å². The molecule has 0 radical (unpaired) electrons. The Bertz CT molecular complexity index is 269. The van der Waals surface area contributed by atoms with Crippen molar-refractivity contribution in [3.05, 3.63) is 0 Å². The molecule has 0 aromatic carbocycles. The molecule has 2 amide bonds. The average molecular weight is 240 g/mol. The Morgan fingerprint density at radius 3 is 2.12 bits per heavy atom. The van der Waals surface area contributed by atoms with E-state index in [0.29, 0.717) is 13.1 Å². The van der Waals surface area contributed by atoms with Crippen molar-refractivity contribution < 1.29 is 9.59 Å². The van der Waals surface area contributed by atoms with Crippen LogP contribution in [0.1, 0.15) is 39.5 Å². The van der Waals surface area contributed by atoms with Crippen molar-refractivity contribution in [3.63, 3.8) is 0 Å². The molecule has 0 heterocycles. The van der Waals surface area contributed by atoms with Crippen molar-refractivity contribution >= 4 is 11.8 Å². The highest BCUT2D eigenvalue weighted by Gasteiger charge is 2.26. The van der Waals surface area contributed by atoms with Gasteiger partial charge in [-0.3, -0.25) is 9.59 Å². The minimum Gasteiger partial charge on any atom is -0.342 e. The molecule has 1 saturated carbocycles. The lowest BCUT2D eigenvalue weighted by molar-refractivity contribution is -0.141. The molecule has 0 N–H and O–H groups in total. The molecule has 0 aromatic heterocycles. The summed E-state index contributed by atoms with van der Waals surface area (Å²) in [5.41, 5.74) is 0. The molecule has 0 atom stereocenters. The Morgan fingerprint density at radius 2 is 1.65 bits per heavy atom. The molecule has 98 valence electrons. The van der Waals surface area contributed by atoms with E-state index in [4.69, 9.17) is 0 Å². The topological polar surface area (TPSA) is 40.6 Å². The number of likely N-dealkylation sites (N-methyl/N-ethyl adjacent to an activating group) is 2. The van der Waals surface area contributed by atoms with Gasteiger partial charge in [-0.05, 0) is 26.7 Å². The third kappa shape index (κ3) is 3.72. The summed E-state index contributed by atoms with van der Waals surface area (Å²) in [5, 5.41) is 0. The third-order valence-electron chi connectivity index (χ3n) is 3.57. The quantitative estimate of drug-likeness (QED) is 0.730. The maximum atomic E-state index is 12.0. The summed E-state index contributed by atoms with van der Waals surface area (Å²) in [5.74, 6) is 0.344. The number of carbonyl (C=O) groups is 2. The monoisotopic (exact) mass is 240 g/mol. The molecule has 1 fully saturated rings. The summed E-state index contributed by atoms with van der Waals surface area (Å²) in [6, 6.07) is 0. The standard InChI is InChI=1S/C13H24N2O2/c1-4-15(5-2)12(16)10-14(3)13(17)11-8-6-7-9-11/h11H,4-10H2,1-3H3. The minimum absolute atomic E-state index is 0.0452. The van der Waals surface area contributed by atoms with Crippen LogP contribution < -0.4 is 0 Å². The third-order valence-corrected chi connectivity index (χ3v) is 3.57. The van der Waals surface area contributed by atoms with Crippen LogP contribution in [0.25, 0.3) is 0 Å². The lowest BCUT2D eigenvalue weighted by Crippen LogP contribution is -2.42. The zero-order chi connectivity index (χ0) is 12.8. The van der Waals surface area contributed by atoms with Crippen molar-refractivity contribution in [2.45, 2.75) is 39.5 Å². The number of rotatable bonds is 5. The largest absolute Gasteiger partial charge is 0.342 e. The molecule has 0 spiro atoms. The first-order chi connectivity index (χ1) is 8.10. The van der Waals surface area contributed by atoms with Gasteiger partial charge in [0.25, 0.3) is 0 Å². The van der Waals surface area contributed by atoms with Crippen molar-refractivity contribution in [1.82, 2.24) is 9.80 Å². The van der Waals surface area contributed by atoms with Gasteiger partial charge in [0, 0.05) is 26.1 Å². The van der Waals surface area contributed by atoms with Crippen molar-refractivity contribution in [2.75, 3.05) is 26.7 Å². The van der Waals surface area contributed by atoms with Gasteiger partial charge < -0.3 is 9.80 Å². The van der Waals surface area contributed by atoms with Gasteiger partial charge in [-0.15, -0.1) is 0 Å². The van der Waals surface area contributed by atoms with Crippen LogP contribution >= 0.6 is 0 Å². The molecular weight excluding hydrogens is 216 g/mol. The molecule has 0 aromatic rings. The van der Waals surface area contributed by atoms with Crippen molar-refractivity contribution in [2.24, 2.45) is 5.92 Å². The van der Waals surface area contributed by atoms with E-state index in [0.717, 1.165) is 25.7 Å². The fraction of sp³-hybridized carbons (Fsp3) is 0.846. The second-order valence-electron chi connectivity index (χ2n) is 4.74. The summed E-state index contributed by atoms with van der Waals surface area (Å²) >= 11 is 0. The van der Waals surface area contributed by atoms with E-state index >= 15 is 0 Å². The maximum absolute atomic E-state index is 12.0. The Morgan fingerprint density at radius 1 is 1.12 bits per heavy atom. The minimum atomic E-state index is 0.0452. The first-order valence-corrected chi connectivity index (χ1v) is 6.62. The highest BCUT2D eigenvalue weighted by Crippen LogP contribution is 2.26. The van der Waals surface area contributed by atoms with Gasteiger partial charge in [0.05, 0.1) is 6.54 Å². The zero-order valence-corrected chi connectivity index (χ0v) is 11.2. The van der Waals surface area contributed by atoms with E-state index in [9.17, 15) is 9.59 Å². The van der Waals surface area contributed by atoms with Crippen LogP contribution in [-0.2, 0) is 9.59 Å². The number of amides is 2. The Hall–Kier alpha value is -1.06. The summed E-state index contributed by atoms with van der Waals surface area (Å²) in [6.07, 6.45) is 4.27. The highest BCUT2D eigenvalue weighted by molar-refractivity contribution is 5.85. The molecule has 17 heavy (non-hydrogen) atoms.